The van der Waals surface area contributed by atoms with Crippen molar-refractivity contribution in [1.82, 2.24) is 0 Å². The molecule has 0 N–H and O–H groups in total. The van der Waals surface area contributed by atoms with Crippen LogP contribution < -0.4 is 4.74 Å². The highest BCUT2D eigenvalue weighted by atomic mass is 16.5. The van der Waals surface area contributed by atoms with E-state index in [2.05, 4.69) is 0 Å². The number of rotatable bonds is 5. The molecule has 0 aliphatic carbocycles. The zero-order valence-electron chi connectivity index (χ0n) is 13.5. The minimum absolute atomic E-state index is 0.0192. The second-order valence-corrected chi connectivity index (χ2v) is 5.44. The van der Waals surface area contributed by atoms with Crippen molar-refractivity contribution in [3.05, 3.63) is 95.6 Å². The Kier molecular flexibility index (Phi) is 4.87. The van der Waals surface area contributed by atoms with Crippen molar-refractivity contribution in [2.24, 2.45) is 0 Å². The van der Waals surface area contributed by atoms with Crippen LogP contribution in [0.5, 0.6) is 11.5 Å². The third-order valence-corrected chi connectivity index (χ3v) is 3.64. The highest BCUT2D eigenvalue weighted by molar-refractivity contribution is 6.01. The molecule has 24 heavy (non-hydrogen) atoms. The molecule has 0 bridgehead atoms. The molecule has 0 saturated carbocycles. The fourth-order valence-electron chi connectivity index (χ4n) is 2.51. The van der Waals surface area contributed by atoms with Crippen molar-refractivity contribution in [3.63, 3.8) is 0 Å². The first kappa shape index (κ1) is 15.8. The summed E-state index contributed by atoms with van der Waals surface area (Å²) in [7, 11) is 0. The largest absolute Gasteiger partial charge is 0.457 e. The van der Waals surface area contributed by atoms with Crippen LogP contribution in [0.3, 0.4) is 0 Å². The molecule has 3 rings (SSSR count). The molecule has 0 fully saturated rings. The smallest absolute Gasteiger partial charge is 0.164 e. The van der Waals surface area contributed by atoms with Crippen LogP contribution in [0.15, 0.2) is 78.9 Å². The summed E-state index contributed by atoms with van der Waals surface area (Å²) in [6, 6.07) is 25.1. The minimum Gasteiger partial charge on any atom is -0.457 e. The quantitative estimate of drug-likeness (QED) is 0.436. The van der Waals surface area contributed by atoms with Crippen molar-refractivity contribution < 1.29 is 9.53 Å². The first-order valence-corrected chi connectivity index (χ1v) is 7.84. The molecule has 118 valence electrons. The summed E-state index contributed by atoms with van der Waals surface area (Å²) in [5.41, 5.74) is 2.52. The SMILES string of the molecule is CC(=O)c1c(/C=C/c2ccccc2)cccc1Oc1ccccc1. The maximum atomic E-state index is 12.2. The lowest BCUT2D eigenvalue weighted by molar-refractivity contribution is 0.101. The van der Waals surface area contributed by atoms with Gasteiger partial charge in [-0.3, -0.25) is 4.79 Å². The summed E-state index contributed by atoms with van der Waals surface area (Å²) in [4.78, 5) is 12.2. The van der Waals surface area contributed by atoms with Gasteiger partial charge >= 0.3 is 0 Å². The van der Waals surface area contributed by atoms with Gasteiger partial charge in [0, 0.05) is 0 Å². The van der Waals surface area contributed by atoms with Crippen molar-refractivity contribution in [2.75, 3.05) is 0 Å². The van der Waals surface area contributed by atoms with E-state index in [1.165, 1.54) is 0 Å². The number of hydrogen-bond acceptors (Lipinski definition) is 2. The molecule has 0 spiro atoms. The Morgan fingerprint density at radius 3 is 2.12 bits per heavy atom. The normalized spacial score (nSPS) is 10.7. The minimum atomic E-state index is -0.0192. The maximum absolute atomic E-state index is 12.2. The molecule has 0 radical (unpaired) electrons. The third-order valence-electron chi connectivity index (χ3n) is 3.64. The van der Waals surface area contributed by atoms with Gasteiger partial charge in [-0.05, 0) is 36.2 Å². The van der Waals surface area contributed by atoms with Gasteiger partial charge in [-0.25, -0.2) is 0 Å². The molecule has 3 aromatic rings. The van der Waals surface area contributed by atoms with Crippen molar-refractivity contribution in [1.29, 1.82) is 0 Å². The summed E-state index contributed by atoms with van der Waals surface area (Å²) in [5.74, 6) is 1.27. The lowest BCUT2D eigenvalue weighted by Gasteiger charge is -2.11. The van der Waals surface area contributed by atoms with Gasteiger partial charge in [0.1, 0.15) is 11.5 Å². The van der Waals surface area contributed by atoms with Gasteiger partial charge in [0.2, 0.25) is 0 Å². The molecule has 2 heteroatoms. The van der Waals surface area contributed by atoms with E-state index in [-0.39, 0.29) is 5.78 Å². The highest BCUT2D eigenvalue weighted by Gasteiger charge is 2.13. The molecular weight excluding hydrogens is 296 g/mol. The number of ether oxygens (including phenoxy) is 1. The van der Waals surface area contributed by atoms with Gasteiger partial charge in [0.25, 0.3) is 0 Å². The van der Waals surface area contributed by atoms with Crippen LogP contribution in [0.2, 0.25) is 0 Å². The first-order chi connectivity index (χ1) is 11.7. The van der Waals surface area contributed by atoms with E-state index in [0.717, 1.165) is 11.1 Å². The molecular formula is C22H18O2. The number of carbonyl (C=O) groups excluding carboxylic acids is 1. The fraction of sp³-hybridized carbons (Fsp3) is 0.0455. The summed E-state index contributed by atoms with van der Waals surface area (Å²) < 4.78 is 5.91. The van der Waals surface area contributed by atoms with Crippen LogP contribution in [-0.2, 0) is 0 Å². The Balaban J connectivity index is 1.96. The number of carbonyl (C=O) groups is 1. The van der Waals surface area contributed by atoms with Gasteiger partial charge in [-0.2, -0.15) is 0 Å². The molecule has 0 saturated heterocycles. The van der Waals surface area contributed by atoms with Gasteiger partial charge in [-0.15, -0.1) is 0 Å². The molecule has 0 heterocycles. The van der Waals surface area contributed by atoms with Crippen molar-refractivity contribution >= 4 is 17.9 Å². The predicted octanol–water partition coefficient (Wildman–Crippen LogP) is 5.85. The topological polar surface area (TPSA) is 26.3 Å². The van der Waals surface area contributed by atoms with Crippen LogP contribution in [0, 0.1) is 0 Å². The molecule has 2 nitrogen and oxygen atoms in total. The monoisotopic (exact) mass is 314 g/mol. The predicted molar refractivity (Wildman–Crippen MR) is 98.3 cm³/mol. The third kappa shape index (κ3) is 3.79. The standard InChI is InChI=1S/C22H18O2/c1-17(23)22-19(16-15-18-9-4-2-5-10-18)11-8-14-21(22)24-20-12-6-3-7-13-20/h2-16H,1H3/b16-15+. The van der Waals surface area contributed by atoms with Crippen molar-refractivity contribution in [3.8, 4) is 11.5 Å². The average Bonchev–Trinajstić information content (AvgIpc) is 2.61. The molecule has 0 aliphatic rings. The maximum Gasteiger partial charge on any atom is 0.164 e. The van der Waals surface area contributed by atoms with Gasteiger partial charge in [-0.1, -0.05) is 72.8 Å². The summed E-state index contributed by atoms with van der Waals surface area (Å²) >= 11 is 0. The van der Waals surface area contributed by atoms with E-state index in [4.69, 9.17) is 4.74 Å². The average molecular weight is 314 g/mol. The van der Waals surface area contributed by atoms with Crippen LogP contribution in [-0.4, -0.2) is 5.78 Å². The lowest BCUT2D eigenvalue weighted by atomic mass is 10.0. The van der Waals surface area contributed by atoms with Crippen LogP contribution in [0.1, 0.15) is 28.4 Å². The van der Waals surface area contributed by atoms with E-state index in [9.17, 15) is 4.79 Å². The van der Waals surface area contributed by atoms with E-state index in [1.54, 1.807) is 6.92 Å². The number of Topliss-reactive ketones (excluding diaryl/α,β-unsaturated/α-hetero) is 1. The van der Waals surface area contributed by atoms with Gasteiger partial charge in [0.05, 0.1) is 5.56 Å². The van der Waals surface area contributed by atoms with Crippen LogP contribution >= 0.6 is 0 Å². The Bertz CT molecular complexity index is 850. The Morgan fingerprint density at radius 1 is 0.792 bits per heavy atom. The number of hydrogen-bond donors (Lipinski definition) is 0. The molecule has 0 unspecified atom stereocenters. The molecule has 0 amide bonds. The van der Waals surface area contributed by atoms with Gasteiger partial charge in [0.15, 0.2) is 5.78 Å². The molecule has 3 aromatic carbocycles. The summed E-state index contributed by atoms with van der Waals surface area (Å²) in [5, 5.41) is 0. The van der Waals surface area contributed by atoms with E-state index < -0.39 is 0 Å². The van der Waals surface area contributed by atoms with Crippen molar-refractivity contribution in [2.45, 2.75) is 6.92 Å². The molecule has 0 atom stereocenters. The molecule has 0 aliphatic heterocycles. The number of ketones is 1. The highest BCUT2D eigenvalue weighted by Crippen LogP contribution is 2.29. The van der Waals surface area contributed by atoms with Crippen LogP contribution in [0.25, 0.3) is 12.2 Å². The zero-order chi connectivity index (χ0) is 16.8. The lowest BCUT2D eigenvalue weighted by Crippen LogP contribution is -2.00. The second-order valence-electron chi connectivity index (χ2n) is 5.44. The second kappa shape index (κ2) is 7.42. The Morgan fingerprint density at radius 2 is 1.46 bits per heavy atom. The number of para-hydroxylation sites is 1. The fourth-order valence-corrected chi connectivity index (χ4v) is 2.51. The number of benzene rings is 3. The summed E-state index contributed by atoms with van der Waals surface area (Å²) in [6.45, 7) is 1.56. The Hall–Kier alpha value is -3.13. The Labute approximate surface area is 142 Å². The molecule has 0 aromatic heterocycles. The van der Waals surface area contributed by atoms with Crippen LogP contribution in [0.4, 0.5) is 0 Å². The van der Waals surface area contributed by atoms with E-state index in [0.29, 0.717) is 17.1 Å². The summed E-state index contributed by atoms with van der Waals surface area (Å²) in [6.07, 6.45) is 3.94. The van der Waals surface area contributed by atoms with E-state index in [1.807, 2.05) is 91.0 Å². The van der Waals surface area contributed by atoms with E-state index >= 15 is 0 Å². The first-order valence-electron chi connectivity index (χ1n) is 7.84. The zero-order valence-corrected chi connectivity index (χ0v) is 13.5. The van der Waals surface area contributed by atoms with Gasteiger partial charge < -0.3 is 4.74 Å².